The molecule has 4 rings (SSSR count). The predicted molar refractivity (Wildman–Crippen MR) is 111 cm³/mol. The summed E-state index contributed by atoms with van der Waals surface area (Å²) in [6, 6.07) is 17.1. The Bertz CT molecular complexity index is 958. The van der Waals surface area contributed by atoms with Gasteiger partial charge < -0.3 is 19.7 Å². The Kier molecular flexibility index (Phi) is 5.76. The monoisotopic (exact) mass is 392 g/mol. The first kappa shape index (κ1) is 19.0. The van der Waals surface area contributed by atoms with Crippen molar-refractivity contribution >= 4 is 17.3 Å². The van der Waals surface area contributed by atoms with Crippen LogP contribution in [0.2, 0.25) is 0 Å². The second-order valence-corrected chi connectivity index (χ2v) is 6.87. The lowest BCUT2D eigenvalue weighted by Gasteiger charge is -2.33. The molecule has 1 amide bonds. The number of para-hydroxylation sites is 1. The Morgan fingerprint density at radius 3 is 2.97 bits per heavy atom. The highest BCUT2D eigenvalue weighted by atomic mass is 16.5. The van der Waals surface area contributed by atoms with Crippen molar-refractivity contribution in [2.75, 3.05) is 32.1 Å². The highest BCUT2D eigenvalue weighted by molar-refractivity contribution is 6.00. The molecule has 2 heterocycles. The number of aromatic nitrogens is 2. The minimum atomic E-state index is -0.0777. The van der Waals surface area contributed by atoms with Gasteiger partial charge in [0.2, 0.25) is 0 Å². The summed E-state index contributed by atoms with van der Waals surface area (Å²) in [7, 11) is 1.63. The Morgan fingerprint density at radius 2 is 2.14 bits per heavy atom. The Hall–Kier alpha value is -3.32. The summed E-state index contributed by atoms with van der Waals surface area (Å²) in [6.07, 6.45) is 3.56. The van der Waals surface area contributed by atoms with Gasteiger partial charge in [0, 0.05) is 37.2 Å². The van der Waals surface area contributed by atoms with Gasteiger partial charge in [0.25, 0.3) is 5.91 Å². The highest BCUT2D eigenvalue weighted by Gasteiger charge is 2.26. The summed E-state index contributed by atoms with van der Waals surface area (Å²) in [4.78, 5) is 15.1. The molecule has 0 spiro atoms. The number of benzene rings is 2. The van der Waals surface area contributed by atoms with Gasteiger partial charge in [-0.25, -0.2) is 0 Å². The van der Waals surface area contributed by atoms with Crippen LogP contribution in [-0.2, 0) is 11.3 Å². The minimum Gasteiger partial charge on any atom is -0.497 e. The number of anilines is 2. The zero-order chi connectivity index (χ0) is 20.1. The van der Waals surface area contributed by atoms with Gasteiger partial charge in [-0.1, -0.05) is 18.2 Å². The number of methoxy groups -OCH3 is 1. The van der Waals surface area contributed by atoms with E-state index >= 15 is 0 Å². The Morgan fingerprint density at radius 1 is 1.24 bits per heavy atom. The largest absolute Gasteiger partial charge is 0.497 e. The third-order valence-corrected chi connectivity index (χ3v) is 4.88. The summed E-state index contributed by atoms with van der Waals surface area (Å²) >= 11 is 0. The quantitative estimate of drug-likeness (QED) is 0.698. The van der Waals surface area contributed by atoms with Crippen LogP contribution in [-0.4, -0.2) is 53.5 Å². The average Bonchev–Trinajstić information content (AvgIpc) is 3.27. The zero-order valence-corrected chi connectivity index (χ0v) is 16.3. The molecule has 150 valence electrons. The fourth-order valence-corrected chi connectivity index (χ4v) is 3.44. The Balaban J connectivity index is 1.49. The molecule has 0 bridgehead atoms. The van der Waals surface area contributed by atoms with Crippen LogP contribution in [0.4, 0.5) is 11.4 Å². The minimum absolute atomic E-state index is 0.00948. The van der Waals surface area contributed by atoms with E-state index in [2.05, 4.69) is 10.4 Å². The lowest BCUT2D eigenvalue weighted by Crippen LogP contribution is -2.47. The van der Waals surface area contributed by atoms with E-state index in [1.54, 1.807) is 13.3 Å². The van der Waals surface area contributed by atoms with Crippen LogP contribution in [0.15, 0.2) is 67.0 Å². The van der Waals surface area contributed by atoms with Crippen molar-refractivity contribution < 1.29 is 14.3 Å². The van der Waals surface area contributed by atoms with Gasteiger partial charge in [-0.05, 0) is 30.3 Å². The van der Waals surface area contributed by atoms with Crippen molar-refractivity contribution in [1.29, 1.82) is 0 Å². The van der Waals surface area contributed by atoms with E-state index in [1.165, 1.54) is 0 Å². The van der Waals surface area contributed by atoms with E-state index in [0.717, 1.165) is 17.1 Å². The molecule has 7 heteroatoms. The molecule has 7 nitrogen and oxygen atoms in total. The lowest BCUT2D eigenvalue weighted by molar-refractivity contribution is -0.0299. The normalized spacial score (nSPS) is 16.4. The van der Waals surface area contributed by atoms with Gasteiger partial charge >= 0.3 is 0 Å². The molecule has 1 fully saturated rings. The molecular formula is C22H24N4O3. The molecule has 29 heavy (non-hydrogen) atoms. The molecule has 2 aromatic carbocycles. The molecule has 0 aliphatic carbocycles. The maximum absolute atomic E-state index is 13.3. The van der Waals surface area contributed by atoms with Gasteiger partial charge in [-0.15, -0.1) is 0 Å². The molecule has 0 unspecified atom stereocenters. The number of nitrogens with one attached hydrogen (secondary N) is 1. The van der Waals surface area contributed by atoms with Crippen molar-refractivity contribution in [3.8, 4) is 5.75 Å². The van der Waals surface area contributed by atoms with Gasteiger partial charge in [-0.3, -0.25) is 9.48 Å². The molecule has 1 saturated heterocycles. The smallest absolute Gasteiger partial charge is 0.256 e. The van der Waals surface area contributed by atoms with E-state index in [-0.39, 0.29) is 12.0 Å². The van der Waals surface area contributed by atoms with Gasteiger partial charge in [0.15, 0.2) is 0 Å². The number of ether oxygens (including phenoxy) is 2. The number of nitrogens with zero attached hydrogens (tertiary/aromatic N) is 3. The van der Waals surface area contributed by atoms with Gasteiger partial charge in [0.1, 0.15) is 5.75 Å². The zero-order valence-electron chi connectivity index (χ0n) is 16.3. The van der Waals surface area contributed by atoms with Crippen LogP contribution in [0, 0.1) is 0 Å². The first-order chi connectivity index (χ1) is 14.2. The molecular weight excluding hydrogens is 368 g/mol. The first-order valence-corrected chi connectivity index (χ1v) is 9.61. The highest BCUT2D eigenvalue weighted by Crippen LogP contribution is 2.25. The number of hydrogen-bond donors (Lipinski definition) is 1. The number of rotatable bonds is 6. The molecule has 1 aromatic heterocycles. The summed E-state index contributed by atoms with van der Waals surface area (Å²) in [5.74, 6) is 0.748. The molecule has 0 radical (unpaired) electrons. The van der Waals surface area contributed by atoms with Crippen LogP contribution < -0.4 is 10.1 Å². The third-order valence-electron chi connectivity index (χ3n) is 4.88. The van der Waals surface area contributed by atoms with Crippen LogP contribution >= 0.6 is 0 Å². The SMILES string of the molecule is COc1cccc(Nc2ccccc2C(=O)N2CCO[C@@H](Cn3cccn3)C2)c1. The number of carbonyl (C=O) groups is 1. The van der Waals surface area contributed by atoms with Crippen molar-refractivity contribution in [2.24, 2.45) is 0 Å². The lowest BCUT2D eigenvalue weighted by atomic mass is 10.1. The average molecular weight is 392 g/mol. The maximum atomic E-state index is 13.3. The van der Waals surface area contributed by atoms with Crippen molar-refractivity contribution in [3.63, 3.8) is 0 Å². The molecule has 3 aromatic rings. The molecule has 1 N–H and O–H groups in total. The molecule has 0 saturated carbocycles. The van der Waals surface area contributed by atoms with Crippen LogP contribution in [0.25, 0.3) is 0 Å². The fraction of sp³-hybridized carbons (Fsp3) is 0.273. The van der Waals surface area contributed by atoms with Gasteiger partial charge in [0.05, 0.1) is 37.6 Å². The topological polar surface area (TPSA) is 68.6 Å². The third kappa shape index (κ3) is 4.57. The molecule has 1 aliphatic rings. The van der Waals surface area contributed by atoms with E-state index in [4.69, 9.17) is 9.47 Å². The summed E-state index contributed by atoms with van der Waals surface area (Å²) in [5, 5.41) is 7.57. The van der Waals surface area contributed by atoms with Crippen molar-refractivity contribution in [2.45, 2.75) is 12.6 Å². The van der Waals surface area contributed by atoms with E-state index in [0.29, 0.717) is 31.8 Å². The number of carbonyl (C=O) groups excluding carboxylic acids is 1. The molecule has 1 aliphatic heterocycles. The van der Waals surface area contributed by atoms with E-state index in [9.17, 15) is 4.79 Å². The standard InChI is InChI=1S/C22H24N4O3/c1-28-18-7-4-6-17(14-18)24-21-9-3-2-8-20(21)22(27)25-12-13-29-19(15-25)16-26-11-5-10-23-26/h2-11,14,19,24H,12-13,15-16H2,1H3/t19-/m1/s1. The second-order valence-electron chi connectivity index (χ2n) is 6.87. The summed E-state index contributed by atoms with van der Waals surface area (Å²) in [6.45, 7) is 2.25. The van der Waals surface area contributed by atoms with Crippen LogP contribution in [0.3, 0.4) is 0 Å². The van der Waals surface area contributed by atoms with E-state index in [1.807, 2.05) is 70.4 Å². The number of hydrogen-bond acceptors (Lipinski definition) is 5. The van der Waals surface area contributed by atoms with Gasteiger partial charge in [-0.2, -0.15) is 5.10 Å². The van der Waals surface area contributed by atoms with Crippen LogP contribution in [0.5, 0.6) is 5.75 Å². The Labute approximate surface area is 169 Å². The summed E-state index contributed by atoms with van der Waals surface area (Å²) < 4.78 is 12.9. The number of morpholine rings is 1. The maximum Gasteiger partial charge on any atom is 0.256 e. The molecule has 1 atom stereocenters. The summed E-state index contributed by atoms with van der Waals surface area (Å²) in [5.41, 5.74) is 2.26. The second kappa shape index (κ2) is 8.79. The van der Waals surface area contributed by atoms with Crippen molar-refractivity contribution in [3.05, 3.63) is 72.6 Å². The van der Waals surface area contributed by atoms with Crippen LogP contribution in [0.1, 0.15) is 10.4 Å². The first-order valence-electron chi connectivity index (χ1n) is 9.61. The fourth-order valence-electron chi connectivity index (χ4n) is 3.44. The number of amides is 1. The predicted octanol–water partition coefficient (Wildman–Crippen LogP) is 3.18. The van der Waals surface area contributed by atoms with E-state index < -0.39 is 0 Å². The van der Waals surface area contributed by atoms with Crippen molar-refractivity contribution in [1.82, 2.24) is 14.7 Å².